The molecule has 1 fully saturated rings. The van der Waals surface area contributed by atoms with E-state index in [1.54, 1.807) is 11.9 Å². The second-order valence-corrected chi connectivity index (χ2v) is 5.70. The molecule has 0 aromatic heterocycles. The Balaban J connectivity index is 2.31. The lowest BCUT2D eigenvalue weighted by atomic mass is 9.81. The van der Waals surface area contributed by atoms with Crippen LogP contribution in [0.2, 0.25) is 0 Å². The Kier molecular flexibility index (Phi) is 6.79. The number of hydrogen-bond acceptors (Lipinski definition) is 2. The molecule has 0 aromatic rings. The maximum atomic E-state index is 12.6. The topological polar surface area (TPSA) is 46.3 Å². The summed E-state index contributed by atoms with van der Waals surface area (Å²) < 4.78 is 37.7. The minimum atomic E-state index is -4.11. The largest absolute Gasteiger partial charge is 0.391 e. The third kappa shape index (κ3) is 5.31. The molecule has 0 radical (unpaired) electrons. The molecule has 0 saturated heterocycles. The van der Waals surface area contributed by atoms with E-state index in [2.05, 4.69) is 0 Å². The molecule has 1 saturated carbocycles. The average Bonchev–Trinajstić information content (AvgIpc) is 2.41. The molecule has 1 rings (SSSR count). The molecule has 0 aromatic carbocycles. The van der Waals surface area contributed by atoms with Crippen molar-refractivity contribution in [1.29, 1.82) is 0 Å². The lowest BCUT2D eigenvalue weighted by Crippen LogP contribution is -2.37. The highest BCUT2D eigenvalue weighted by Crippen LogP contribution is 2.39. The molecule has 0 heterocycles. The first kappa shape index (κ1) is 17.3. The fraction of sp³-hybridized carbons (Fsp3) is 0.929. The molecule has 0 spiro atoms. The molecule has 6 heteroatoms. The number of amides is 1. The number of nitrogens with two attached hydrogens (primary N) is 1. The van der Waals surface area contributed by atoms with E-state index in [1.807, 2.05) is 0 Å². The second-order valence-electron chi connectivity index (χ2n) is 5.70. The van der Waals surface area contributed by atoms with Crippen molar-refractivity contribution in [3.8, 4) is 0 Å². The lowest BCUT2D eigenvalue weighted by Gasteiger charge is -2.31. The zero-order valence-corrected chi connectivity index (χ0v) is 12.1. The zero-order valence-electron chi connectivity index (χ0n) is 12.1. The van der Waals surface area contributed by atoms with Gasteiger partial charge in [-0.2, -0.15) is 13.2 Å². The summed E-state index contributed by atoms with van der Waals surface area (Å²) in [4.78, 5) is 13.8. The van der Waals surface area contributed by atoms with Gasteiger partial charge >= 0.3 is 6.18 Å². The fourth-order valence-electron chi connectivity index (χ4n) is 2.76. The summed E-state index contributed by atoms with van der Waals surface area (Å²) in [5.41, 5.74) is 5.40. The van der Waals surface area contributed by atoms with E-state index in [-0.39, 0.29) is 24.7 Å². The van der Waals surface area contributed by atoms with Crippen LogP contribution < -0.4 is 5.73 Å². The number of alkyl halides is 3. The van der Waals surface area contributed by atoms with Crippen LogP contribution in [-0.4, -0.2) is 37.1 Å². The normalized spacial score (nSPS) is 23.6. The molecule has 3 nitrogen and oxygen atoms in total. The van der Waals surface area contributed by atoms with Gasteiger partial charge < -0.3 is 10.6 Å². The minimum Gasteiger partial charge on any atom is -0.346 e. The van der Waals surface area contributed by atoms with E-state index in [9.17, 15) is 18.0 Å². The van der Waals surface area contributed by atoms with E-state index >= 15 is 0 Å². The average molecular weight is 294 g/mol. The maximum absolute atomic E-state index is 12.6. The Hall–Kier alpha value is -0.780. The van der Waals surface area contributed by atoms with E-state index in [0.717, 1.165) is 19.3 Å². The van der Waals surface area contributed by atoms with Crippen LogP contribution in [0.5, 0.6) is 0 Å². The molecular formula is C14H25F3N2O. The van der Waals surface area contributed by atoms with Crippen molar-refractivity contribution in [2.45, 2.75) is 51.1 Å². The van der Waals surface area contributed by atoms with Gasteiger partial charge in [-0.1, -0.05) is 6.42 Å². The maximum Gasteiger partial charge on any atom is 0.391 e. The first-order valence-electron chi connectivity index (χ1n) is 7.38. The first-order chi connectivity index (χ1) is 9.36. The highest BCUT2D eigenvalue weighted by atomic mass is 19.4. The molecule has 118 valence electrons. The standard InChI is InChI=1S/C14H25F3N2O/c1-19(10-4-2-3-9-18)13(20)11-5-7-12(8-6-11)14(15,16)17/h11-12H,2-10,18H2,1H3. The van der Waals surface area contributed by atoms with Crippen LogP contribution >= 0.6 is 0 Å². The third-order valence-electron chi connectivity index (χ3n) is 4.11. The van der Waals surface area contributed by atoms with Crippen molar-refractivity contribution >= 4 is 5.91 Å². The summed E-state index contributed by atoms with van der Waals surface area (Å²) in [7, 11) is 1.74. The Morgan fingerprint density at radius 3 is 2.25 bits per heavy atom. The Labute approximate surface area is 118 Å². The van der Waals surface area contributed by atoms with Crippen molar-refractivity contribution < 1.29 is 18.0 Å². The number of hydrogen-bond donors (Lipinski definition) is 1. The Morgan fingerprint density at radius 2 is 1.75 bits per heavy atom. The van der Waals surface area contributed by atoms with E-state index < -0.39 is 12.1 Å². The van der Waals surface area contributed by atoms with Gasteiger partial charge in [-0.05, 0) is 45.1 Å². The molecule has 1 aliphatic carbocycles. The number of carbonyl (C=O) groups is 1. The highest BCUT2D eigenvalue weighted by molar-refractivity contribution is 5.78. The predicted octanol–water partition coefficient (Wildman–Crippen LogP) is 2.94. The lowest BCUT2D eigenvalue weighted by molar-refractivity contribution is -0.185. The van der Waals surface area contributed by atoms with Crippen molar-refractivity contribution in [3.63, 3.8) is 0 Å². The molecule has 1 aliphatic rings. The fourth-order valence-corrected chi connectivity index (χ4v) is 2.76. The van der Waals surface area contributed by atoms with Crippen LogP contribution in [0.15, 0.2) is 0 Å². The predicted molar refractivity (Wildman–Crippen MR) is 72.0 cm³/mol. The smallest absolute Gasteiger partial charge is 0.346 e. The van der Waals surface area contributed by atoms with Crippen LogP contribution in [0.1, 0.15) is 44.9 Å². The van der Waals surface area contributed by atoms with Gasteiger partial charge in [0, 0.05) is 19.5 Å². The van der Waals surface area contributed by atoms with Gasteiger partial charge in [-0.3, -0.25) is 4.79 Å². The quantitative estimate of drug-likeness (QED) is 0.766. The summed E-state index contributed by atoms with van der Waals surface area (Å²) in [6, 6.07) is 0. The van der Waals surface area contributed by atoms with Gasteiger partial charge in [0.25, 0.3) is 0 Å². The van der Waals surface area contributed by atoms with Crippen LogP contribution in [-0.2, 0) is 4.79 Å². The molecule has 0 unspecified atom stereocenters. The van der Waals surface area contributed by atoms with Crippen molar-refractivity contribution in [3.05, 3.63) is 0 Å². The van der Waals surface area contributed by atoms with E-state index in [4.69, 9.17) is 5.73 Å². The summed E-state index contributed by atoms with van der Waals surface area (Å²) >= 11 is 0. The number of carbonyl (C=O) groups excluding carboxylic acids is 1. The van der Waals surface area contributed by atoms with E-state index in [0.29, 0.717) is 25.9 Å². The highest BCUT2D eigenvalue weighted by Gasteiger charge is 2.42. The number of nitrogens with zero attached hydrogens (tertiary/aromatic N) is 1. The number of unbranched alkanes of at least 4 members (excludes halogenated alkanes) is 2. The third-order valence-corrected chi connectivity index (χ3v) is 4.11. The molecule has 2 N–H and O–H groups in total. The van der Waals surface area contributed by atoms with Gasteiger partial charge in [-0.15, -0.1) is 0 Å². The molecule has 0 bridgehead atoms. The first-order valence-corrected chi connectivity index (χ1v) is 7.38. The van der Waals surface area contributed by atoms with Crippen LogP contribution in [0.3, 0.4) is 0 Å². The van der Waals surface area contributed by atoms with Gasteiger partial charge in [-0.25, -0.2) is 0 Å². The van der Waals surface area contributed by atoms with Crippen molar-refractivity contribution in [2.24, 2.45) is 17.6 Å². The number of rotatable bonds is 6. The Bertz CT molecular complexity index is 299. The van der Waals surface area contributed by atoms with Gasteiger partial charge in [0.15, 0.2) is 0 Å². The zero-order chi connectivity index (χ0) is 15.2. The minimum absolute atomic E-state index is 0.00151. The van der Waals surface area contributed by atoms with Crippen LogP contribution in [0, 0.1) is 11.8 Å². The molecule has 1 amide bonds. The number of halogens is 3. The van der Waals surface area contributed by atoms with Gasteiger partial charge in [0.2, 0.25) is 5.91 Å². The summed E-state index contributed by atoms with van der Waals surface area (Å²) in [6.45, 7) is 1.32. The van der Waals surface area contributed by atoms with E-state index in [1.165, 1.54) is 0 Å². The molecular weight excluding hydrogens is 269 g/mol. The van der Waals surface area contributed by atoms with Crippen molar-refractivity contribution in [1.82, 2.24) is 4.90 Å². The SMILES string of the molecule is CN(CCCCCN)C(=O)C1CCC(C(F)(F)F)CC1. The second kappa shape index (κ2) is 7.86. The monoisotopic (exact) mass is 294 g/mol. The molecule has 0 aliphatic heterocycles. The van der Waals surface area contributed by atoms with Crippen LogP contribution in [0.4, 0.5) is 13.2 Å². The summed E-state index contributed by atoms with van der Waals surface area (Å²) in [5.74, 6) is -1.45. The summed E-state index contributed by atoms with van der Waals surface area (Å²) in [5, 5.41) is 0. The van der Waals surface area contributed by atoms with Crippen molar-refractivity contribution in [2.75, 3.05) is 20.1 Å². The molecule has 0 atom stereocenters. The summed E-state index contributed by atoms with van der Waals surface area (Å²) in [6.07, 6.45) is -0.402. The van der Waals surface area contributed by atoms with Gasteiger partial charge in [0.05, 0.1) is 5.92 Å². The Morgan fingerprint density at radius 1 is 1.15 bits per heavy atom. The van der Waals surface area contributed by atoms with Gasteiger partial charge in [0.1, 0.15) is 0 Å². The van der Waals surface area contributed by atoms with Crippen LogP contribution in [0.25, 0.3) is 0 Å². The molecule has 20 heavy (non-hydrogen) atoms.